The molecule has 0 atom stereocenters. The Balaban J connectivity index is 3.30. The van der Waals surface area contributed by atoms with Crippen LogP contribution in [0, 0.1) is 5.82 Å². The predicted molar refractivity (Wildman–Crippen MR) is 65.9 cm³/mol. The number of halogens is 4. The summed E-state index contributed by atoms with van der Waals surface area (Å²) < 4.78 is 75.1. The van der Waals surface area contributed by atoms with Gasteiger partial charge in [0.25, 0.3) is 0 Å². The van der Waals surface area contributed by atoms with Gasteiger partial charge in [0.1, 0.15) is 12.4 Å². The third-order valence-corrected chi connectivity index (χ3v) is 4.41. The number of hydrogen-bond donors (Lipinski definition) is 1. The minimum Gasteiger partial charge on any atom is -0.399 e. The molecule has 0 fully saturated rings. The van der Waals surface area contributed by atoms with E-state index in [1.165, 1.54) is 13.8 Å². The Morgan fingerprint density at radius 2 is 1.80 bits per heavy atom. The van der Waals surface area contributed by atoms with E-state index in [0.29, 0.717) is 6.07 Å². The number of nitrogen functional groups attached to an aromatic ring is 1. The van der Waals surface area contributed by atoms with Crippen molar-refractivity contribution >= 4 is 15.7 Å². The summed E-state index contributed by atoms with van der Waals surface area (Å²) in [4.78, 5) is -0.604. The van der Waals surface area contributed by atoms with Crippen LogP contribution in [0.4, 0.5) is 23.2 Å². The lowest BCUT2D eigenvalue weighted by atomic mass is 10.3. The number of sulfonamides is 1. The highest BCUT2D eigenvalue weighted by molar-refractivity contribution is 7.89. The summed E-state index contributed by atoms with van der Waals surface area (Å²) in [5, 5.41) is 0. The quantitative estimate of drug-likeness (QED) is 0.685. The fourth-order valence-electron chi connectivity index (χ4n) is 1.59. The first-order valence-corrected chi connectivity index (χ1v) is 7.02. The molecule has 1 aromatic rings. The molecule has 0 saturated heterocycles. The second kappa shape index (κ2) is 5.57. The van der Waals surface area contributed by atoms with Crippen LogP contribution in [-0.2, 0) is 10.0 Å². The van der Waals surface area contributed by atoms with Crippen LogP contribution in [0.1, 0.15) is 13.8 Å². The molecule has 0 amide bonds. The predicted octanol–water partition coefficient (Wildman–Crippen LogP) is 2.37. The van der Waals surface area contributed by atoms with E-state index in [4.69, 9.17) is 5.73 Å². The fraction of sp³-hybridized carbons (Fsp3) is 0.455. The van der Waals surface area contributed by atoms with Gasteiger partial charge in [-0.05, 0) is 32.0 Å². The van der Waals surface area contributed by atoms with E-state index in [-0.39, 0.29) is 9.99 Å². The van der Waals surface area contributed by atoms with Gasteiger partial charge in [-0.25, -0.2) is 12.8 Å². The lowest BCUT2D eigenvalue weighted by molar-refractivity contribution is -0.138. The third kappa shape index (κ3) is 4.07. The molecule has 1 rings (SSSR count). The molecular weight excluding hydrogens is 300 g/mol. The summed E-state index contributed by atoms with van der Waals surface area (Å²) in [6, 6.07) is 1.50. The first-order valence-electron chi connectivity index (χ1n) is 5.58. The summed E-state index contributed by atoms with van der Waals surface area (Å²) in [5.41, 5.74) is 5.13. The maximum absolute atomic E-state index is 13.2. The lowest BCUT2D eigenvalue weighted by Crippen LogP contribution is -2.43. The van der Waals surface area contributed by atoms with Crippen molar-refractivity contribution in [2.75, 3.05) is 12.3 Å². The van der Waals surface area contributed by atoms with Crippen molar-refractivity contribution in [3.8, 4) is 0 Å². The van der Waals surface area contributed by atoms with E-state index >= 15 is 0 Å². The molecule has 0 radical (unpaired) electrons. The summed E-state index contributed by atoms with van der Waals surface area (Å²) in [6.07, 6.45) is -4.70. The van der Waals surface area contributed by atoms with Crippen molar-refractivity contribution in [1.82, 2.24) is 4.31 Å². The van der Waals surface area contributed by atoms with Gasteiger partial charge in [-0.2, -0.15) is 17.5 Å². The van der Waals surface area contributed by atoms with Crippen molar-refractivity contribution in [1.29, 1.82) is 0 Å². The summed E-state index contributed by atoms with van der Waals surface area (Å²) in [6.45, 7) is 0.946. The fourth-order valence-corrected chi connectivity index (χ4v) is 3.28. The minimum absolute atomic E-state index is 0.181. The molecule has 0 saturated carbocycles. The minimum atomic E-state index is -4.70. The van der Waals surface area contributed by atoms with Gasteiger partial charge in [-0.15, -0.1) is 0 Å². The zero-order chi connectivity index (χ0) is 15.7. The van der Waals surface area contributed by atoms with Crippen molar-refractivity contribution in [3.05, 3.63) is 24.0 Å². The molecule has 0 aliphatic carbocycles. The van der Waals surface area contributed by atoms with Crippen LogP contribution < -0.4 is 5.73 Å². The molecule has 1 aromatic carbocycles. The highest BCUT2D eigenvalue weighted by Gasteiger charge is 2.38. The molecule has 20 heavy (non-hydrogen) atoms. The molecule has 0 aliphatic rings. The molecule has 0 spiro atoms. The highest BCUT2D eigenvalue weighted by atomic mass is 32.2. The van der Waals surface area contributed by atoms with Crippen molar-refractivity contribution in [2.24, 2.45) is 0 Å². The molecule has 4 nitrogen and oxygen atoms in total. The van der Waals surface area contributed by atoms with Gasteiger partial charge in [0.15, 0.2) is 0 Å². The lowest BCUT2D eigenvalue weighted by Gasteiger charge is -2.26. The largest absolute Gasteiger partial charge is 0.402 e. The van der Waals surface area contributed by atoms with Gasteiger partial charge >= 0.3 is 6.18 Å². The van der Waals surface area contributed by atoms with Crippen molar-refractivity contribution in [2.45, 2.75) is 31.0 Å². The van der Waals surface area contributed by atoms with Crippen molar-refractivity contribution in [3.63, 3.8) is 0 Å². The van der Waals surface area contributed by atoms with Gasteiger partial charge in [-0.1, -0.05) is 0 Å². The topological polar surface area (TPSA) is 63.4 Å². The first-order chi connectivity index (χ1) is 8.93. The Morgan fingerprint density at radius 3 is 2.20 bits per heavy atom. The molecular formula is C11H14F4N2O2S. The average Bonchev–Trinajstić information content (AvgIpc) is 2.22. The van der Waals surface area contributed by atoms with Gasteiger partial charge in [0, 0.05) is 11.7 Å². The second-order valence-corrected chi connectivity index (χ2v) is 6.37. The normalized spacial score (nSPS) is 13.2. The highest BCUT2D eigenvalue weighted by Crippen LogP contribution is 2.26. The molecule has 9 heteroatoms. The van der Waals surface area contributed by atoms with Crippen LogP contribution in [-0.4, -0.2) is 31.5 Å². The summed E-state index contributed by atoms with van der Waals surface area (Å²) in [5.74, 6) is -0.931. The Kier molecular flexibility index (Phi) is 4.65. The standard InChI is InChI=1S/C11H14F4N2O2S/c1-7(2)17(6-11(13,14)15)20(18,19)10-4-8(12)3-9(16)5-10/h3-5,7H,6,16H2,1-2H3. The van der Waals surface area contributed by atoms with E-state index in [0.717, 1.165) is 12.1 Å². The van der Waals surface area contributed by atoms with Gasteiger partial charge in [0.2, 0.25) is 10.0 Å². The smallest absolute Gasteiger partial charge is 0.399 e. The molecule has 0 unspecified atom stereocenters. The maximum Gasteiger partial charge on any atom is 0.402 e. The number of hydrogen-bond acceptors (Lipinski definition) is 3. The molecule has 0 bridgehead atoms. The number of nitrogens with two attached hydrogens (primary N) is 1. The van der Waals surface area contributed by atoms with E-state index in [1.54, 1.807) is 0 Å². The molecule has 114 valence electrons. The van der Waals surface area contributed by atoms with E-state index < -0.39 is 39.5 Å². The number of alkyl halides is 3. The summed E-state index contributed by atoms with van der Waals surface area (Å²) >= 11 is 0. The molecule has 0 aromatic heterocycles. The first kappa shape index (κ1) is 16.7. The molecule has 0 aliphatic heterocycles. The number of benzene rings is 1. The van der Waals surface area contributed by atoms with Crippen LogP contribution in [0.5, 0.6) is 0 Å². The second-order valence-electron chi connectivity index (χ2n) is 4.48. The number of anilines is 1. The van der Waals surface area contributed by atoms with Crippen LogP contribution in [0.25, 0.3) is 0 Å². The van der Waals surface area contributed by atoms with E-state index in [1.807, 2.05) is 0 Å². The monoisotopic (exact) mass is 314 g/mol. The zero-order valence-corrected chi connectivity index (χ0v) is 11.6. The van der Waals surface area contributed by atoms with Crippen LogP contribution >= 0.6 is 0 Å². The molecule has 0 heterocycles. The summed E-state index contributed by atoms with van der Waals surface area (Å²) in [7, 11) is -4.49. The van der Waals surface area contributed by atoms with Crippen LogP contribution in [0.15, 0.2) is 23.1 Å². The zero-order valence-electron chi connectivity index (χ0n) is 10.8. The Bertz CT molecular complexity index is 564. The number of rotatable bonds is 4. The van der Waals surface area contributed by atoms with E-state index in [9.17, 15) is 26.0 Å². The van der Waals surface area contributed by atoms with E-state index in [2.05, 4.69) is 0 Å². The maximum atomic E-state index is 13.2. The van der Waals surface area contributed by atoms with Crippen LogP contribution in [0.2, 0.25) is 0 Å². The van der Waals surface area contributed by atoms with Crippen molar-refractivity contribution < 1.29 is 26.0 Å². The van der Waals surface area contributed by atoms with Crippen LogP contribution in [0.3, 0.4) is 0 Å². The Labute approximate surface area is 114 Å². The molecule has 2 N–H and O–H groups in total. The Hall–Kier alpha value is -1.35. The Morgan fingerprint density at radius 1 is 1.25 bits per heavy atom. The number of nitrogens with zero attached hydrogens (tertiary/aromatic N) is 1. The van der Waals surface area contributed by atoms with Gasteiger partial charge < -0.3 is 5.73 Å². The average molecular weight is 314 g/mol. The SMILES string of the molecule is CC(C)N(CC(F)(F)F)S(=O)(=O)c1cc(N)cc(F)c1. The third-order valence-electron chi connectivity index (χ3n) is 2.41. The van der Waals surface area contributed by atoms with Gasteiger partial charge in [-0.3, -0.25) is 0 Å². The van der Waals surface area contributed by atoms with Gasteiger partial charge in [0.05, 0.1) is 4.90 Å².